The molecule has 0 unspecified atom stereocenters. The molecule has 0 saturated carbocycles. The lowest BCUT2D eigenvalue weighted by Gasteiger charge is -2.26. The maximum absolute atomic E-state index is 12.3. The predicted molar refractivity (Wildman–Crippen MR) is 107 cm³/mol. The van der Waals surface area contributed by atoms with E-state index in [-0.39, 0.29) is 11.8 Å². The number of aryl methyl sites for hydroxylation is 2. The molecule has 0 aliphatic carbocycles. The van der Waals surface area contributed by atoms with Crippen molar-refractivity contribution in [3.8, 4) is 0 Å². The highest BCUT2D eigenvalue weighted by molar-refractivity contribution is 6.42. The third-order valence-electron chi connectivity index (χ3n) is 4.16. The SMILES string of the molecule is CCc1cccc(C)c1N(CCNC(=O)c1ccc(Cl)c(Cl)c1)C(C)=O. The Balaban J connectivity index is 2.09. The largest absolute Gasteiger partial charge is 0.350 e. The van der Waals surface area contributed by atoms with Crippen LogP contribution >= 0.6 is 23.2 Å². The van der Waals surface area contributed by atoms with E-state index in [1.807, 2.05) is 25.1 Å². The molecule has 0 radical (unpaired) electrons. The van der Waals surface area contributed by atoms with Crippen molar-refractivity contribution < 1.29 is 9.59 Å². The molecule has 26 heavy (non-hydrogen) atoms. The molecule has 0 bridgehead atoms. The molecule has 138 valence electrons. The van der Waals surface area contributed by atoms with Gasteiger partial charge >= 0.3 is 0 Å². The molecule has 0 heterocycles. The molecule has 0 saturated heterocycles. The number of nitrogens with one attached hydrogen (secondary N) is 1. The topological polar surface area (TPSA) is 49.4 Å². The van der Waals surface area contributed by atoms with E-state index in [1.54, 1.807) is 17.0 Å². The van der Waals surface area contributed by atoms with Gasteiger partial charge < -0.3 is 10.2 Å². The number of rotatable bonds is 6. The zero-order valence-corrected chi connectivity index (χ0v) is 16.6. The molecule has 0 atom stereocenters. The zero-order chi connectivity index (χ0) is 19.3. The van der Waals surface area contributed by atoms with Crippen LogP contribution in [-0.4, -0.2) is 24.9 Å². The second-order valence-corrected chi connectivity index (χ2v) is 6.81. The number of para-hydroxylation sites is 1. The van der Waals surface area contributed by atoms with Gasteiger partial charge in [-0.05, 0) is 42.7 Å². The van der Waals surface area contributed by atoms with Gasteiger partial charge in [-0.2, -0.15) is 0 Å². The van der Waals surface area contributed by atoms with Crippen molar-refractivity contribution in [1.82, 2.24) is 5.32 Å². The Morgan fingerprint density at radius 1 is 1.12 bits per heavy atom. The summed E-state index contributed by atoms with van der Waals surface area (Å²) >= 11 is 11.8. The minimum absolute atomic E-state index is 0.0576. The van der Waals surface area contributed by atoms with Crippen molar-refractivity contribution in [3.63, 3.8) is 0 Å². The molecule has 0 aliphatic rings. The number of benzene rings is 2. The molecular formula is C20H22Cl2N2O2. The Labute approximate surface area is 164 Å². The Kier molecular flexibility index (Phi) is 7.06. The molecule has 6 heteroatoms. The fourth-order valence-corrected chi connectivity index (χ4v) is 3.14. The number of anilines is 1. The quantitative estimate of drug-likeness (QED) is 0.777. The van der Waals surface area contributed by atoms with Crippen LogP contribution in [-0.2, 0) is 11.2 Å². The summed E-state index contributed by atoms with van der Waals surface area (Å²) < 4.78 is 0. The van der Waals surface area contributed by atoms with Crippen molar-refractivity contribution in [2.75, 3.05) is 18.0 Å². The second kappa shape index (κ2) is 9.06. The highest BCUT2D eigenvalue weighted by Crippen LogP contribution is 2.26. The number of hydrogen-bond donors (Lipinski definition) is 1. The zero-order valence-electron chi connectivity index (χ0n) is 15.1. The Bertz CT molecular complexity index is 821. The normalized spacial score (nSPS) is 10.5. The van der Waals surface area contributed by atoms with Gasteiger partial charge in [-0.25, -0.2) is 0 Å². The summed E-state index contributed by atoms with van der Waals surface area (Å²) in [6.45, 7) is 6.30. The van der Waals surface area contributed by atoms with Gasteiger partial charge in [0.15, 0.2) is 0 Å². The first-order valence-electron chi connectivity index (χ1n) is 8.45. The molecule has 0 fully saturated rings. The number of amides is 2. The summed E-state index contributed by atoms with van der Waals surface area (Å²) in [6.07, 6.45) is 0.830. The fourth-order valence-electron chi connectivity index (χ4n) is 2.84. The van der Waals surface area contributed by atoms with Gasteiger partial charge in [0.2, 0.25) is 5.91 Å². The van der Waals surface area contributed by atoms with Crippen LogP contribution in [0, 0.1) is 6.92 Å². The van der Waals surface area contributed by atoms with Gasteiger partial charge in [-0.15, -0.1) is 0 Å². The average molecular weight is 393 g/mol. The summed E-state index contributed by atoms with van der Waals surface area (Å²) in [5.74, 6) is -0.314. The maximum atomic E-state index is 12.3. The first kappa shape index (κ1) is 20.3. The van der Waals surface area contributed by atoms with Gasteiger partial charge in [0, 0.05) is 31.3 Å². The third-order valence-corrected chi connectivity index (χ3v) is 4.89. The lowest BCUT2D eigenvalue weighted by molar-refractivity contribution is -0.116. The first-order chi connectivity index (χ1) is 12.3. The van der Waals surface area contributed by atoms with Crippen LogP contribution in [0.25, 0.3) is 0 Å². The summed E-state index contributed by atoms with van der Waals surface area (Å²) in [7, 11) is 0. The van der Waals surface area contributed by atoms with Gasteiger partial charge in [0.1, 0.15) is 0 Å². The summed E-state index contributed by atoms with van der Waals surface area (Å²) in [4.78, 5) is 26.2. The smallest absolute Gasteiger partial charge is 0.251 e. The highest BCUT2D eigenvalue weighted by atomic mass is 35.5. The first-order valence-corrected chi connectivity index (χ1v) is 9.20. The van der Waals surface area contributed by atoms with E-state index in [9.17, 15) is 9.59 Å². The Hall–Kier alpha value is -2.04. The number of hydrogen-bond acceptors (Lipinski definition) is 2. The molecule has 2 amide bonds. The van der Waals surface area contributed by atoms with E-state index in [0.717, 1.165) is 23.2 Å². The number of halogens is 2. The molecule has 2 rings (SSSR count). The second-order valence-electron chi connectivity index (χ2n) is 5.99. The van der Waals surface area contributed by atoms with Crippen LogP contribution < -0.4 is 10.2 Å². The number of nitrogens with zero attached hydrogens (tertiary/aromatic N) is 1. The molecule has 0 spiro atoms. The minimum Gasteiger partial charge on any atom is -0.350 e. The average Bonchev–Trinajstić information content (AvgIpc) is 2.61. The molecule has 2 aromatic carbocycles. The van der Waals surface area contributed by atoms with Gasteiger partial charge in [-0.3, -0.25) is 9.59 Å². The van der Waals surface area contributed by atoms with Crippen molar-refractivity contribution in [3.05, 3.63) is 63.1 Å². The lowest BCUT2D eigenvalue weighted by atomic mass is 10.0. The van der Waals surface area contributed by atoms with Crippen LogP contribution in [0.15, 0.2) is 36.4 Å². The van der Waals surface area contributed by atoms with E-state index in [0.29, 0.717) is 28.7 Å². The van der Waals surface area contributed by atoms with Gasteiger partial charge in [0.25, 0.3) is 5.91 Å². The van der Waals surface area contributed by atoms with Crippen LogP contribution in [0.1, 0.15) is 35.3 Å². The molecule has 4 nitrogen and oxygen atoms in total. The minimum atomic E-state index is -0.257. The van der Waals surface area contributed by atoms with Gasteiger partial charge in [-0.1, -0.05) is 48.3 Å². The highest BCUT2D eigenvalue weighted by Gasteiger charge is 2.17. The van der Waals surface area contributed by atoms with Crippen molar-refractivity contribution in [1.29, 1.82) is 0 Å². The van der Waals surface area contributed by atoms with E-state index in [2.05, 4.69) is 12.2 Å². The summed E-state index contributed by atoms with van der Waals surface area (Å²) in [6, 6.07) is 10.7. The standard InChI is InChI=1S/C20H22Cl2N2O2/c1-4-15-7-5-6-13(2)19(15)24(14(3)25)11-10-23-20(26)16-8-9-17(21)18(22)12-16/h5-9,12H,4,10-11H2,1-3H3,(H,23,26). The Morgan fingerprint density at radius 2 is 1.85 bits per heavy atom. The lowest BCUT2D eigenvalue weighted by Crippen LogP contribution is -2.38. The Morgan fingerprint density at radius 3 is 2.46 bits per heavy atom. The van der Waals surface area contributed by atoms with Crippen molar-refractivity contribution >= 4 is 40.7 Å². The third kappa shape index (κ3) is 4.77. The van der Waals surface area contributed by atoms with Gasteiger partial charge in [0.05, 0.1) is 10.0 Å². The van der Waals surface area contributed by atoms with E-state index in [4.69, 9.17) is 23.2 Å². The summed E-state index contributed by atoms with van der Waals surface area (Å²) in [5.41, 5.74) is 3.50. The van der Waals surface area contributed by atoms with Crippen LogP contribution in [0.5, 0.6) is 0 Å². The van der Waals surface area contributed by atoms with E-state index < -0.39 is 0 Å². The van der Waals surface area contributed by atoms with E-state index in [1.165, 1.54) is 13.0 Å². The van der Waals surface area contributed by atoms with Crippen LogP contribution in [0.3, 0.4) is 0 Å². The molecule has 2 aromatic rings. The van der Waals surface area contributed by atoms with Crippen LogP contribution in [0.2, 0.25) is 10.0 Å². The number of carbonyl (C=O) groups is 2. The van der Waals surface area contributed by atoms with Crippen molar-refractivity contribution in [2.45, 2.75) is 27.2 Å². The monoisotopic (exact) mass is 392 g/mol. The molecule has 0 aliphatic heterocycles. The van der Waals surface area contributed by atoms with Crippen LogP contribution in [0.4, 0.5) is 5.69 Å². The van der Waals surface area contributed by atoms with Crippen molar-refractivity contribution in [2.24, 2.45) is 0 Å². The maximum Gasteiger partial charge on any atom is 0.251 e. The summed E-state index contributed by atoms with van der Waals surface area (Å²) in [5, 5.41) is 3.55. The molecule has 0 aromatic heterocycles. The molecular weight excluding hydrogens is 371 g/mol. The van der Waals surface area contributed by atoms with E-state index >= 15 is 0 Å². The number of carbonyl (C=O) groups excluding carboxylic acids is 2. The predicted octanol–water partition coefficient (Wildman–Crippen LogP) is 4.65. The molecule has 1 N–H and O–H groups in total. The fraction of sp³-hybridized carbons (Fsp3) is 0.300.